The Labute approximate surface area is 226 Å². The lowest BCUT2D eigenvalue weighted by molar-refractivity contribution is -0.113. The van der Waals surface area contributed by atoms with E-state index in [1.165, 1.54) is 47.9 Å². The fourth-order valence-corrected chi connectivity index (χ4v) is 7.06. The number of aryl methyl sites for hydroxylation is 1. The Kier molecular flexibility index (Phi) is 9.43. The highest BCUT2D eigenvalue weighted by molar-refractivity contribution is 7.99. The van der Waals surface area contributed by atoms with Crippen LogP contribution in [0, 0.1) is 5.92 Å². The van der Waals surface area contributed by atoms with Crippen LogP contribution in [0.1, 0.15) is 79.6 Å². The molecular weight excluding hydrogens is 504 g/mol. The van der Waals surface area contributed by atoms with E-state index in [1.807, 2.05) is 0 Å². The maximum Gasteiger partial charge on any atom is 0.263 e. The number of carbonyl (C=O) groups excluding carboxylic acids is 2. The summed E-state index contributed by atoms with van der Waals surface area (Å²) in [6.07, 6.45) is 9.90. The number of aromatic nitrogens is 2. The van der Waals surface area contributed by atoms with Crippen molar-refractivity contribution in [1.82, 2.24) is 9.55 Å². The molecule has 2 amide bonds. The van der Waals surface area contributed by atoms with Crippen LogP contribution in [0.3, 0.4) is 0 Å². The summed E-state index contributed by atoms with van der Waals surface area (Å²) >= 11 is 2.94. The quantitative estimate of drug-likeness (QED) is 0.172. The van der Waals surface area contributed by atoms with Crippen molar-refractivity contribution in [2.75, 3.05) is 11.1 Å². The van der Waals surface area contributed by atoms with E-state index in [1.54, 1.807) is 40.2 Å². The lowest BCUT2D eigenvalue weighted by Gasteiger charge is -2.17. The molecule has 7 nitrogen and oxygen atoms in total. The molecule has 3 aromatic rings. The van der Waals surface area contributed by atoms with Gasteiger partial charge in [-0.25, -0.2) is 4.98 Å². The van der Waals surface area contributed by atoms with Gasteiger partial charge in [-0.15, -0.1) is 11.3 Å². The summed E-state index contributed by atoms with van der Waals surface area (Å²) in [5.41, 5.74) is 7.49. The van der Waals surface area contributed by atoms with Gasteiger partial charge in [0.15, 0.2) is 5.16 Å². The number of anilines is 1. The number of benzene rings is 1. The molecule has 0 aliphatic heterocycles. The van der Waals surface area contributed by atoms with Gasteiger partial charge >= 0.3 is 0 Å². The van der Waals surface area contributed by atoms with Crippen molar-refractivity contribution in [3.05, 3.63) is 50.6 Å². The monoisotopic (exact) mass is 540 g/mol. The van der Waals surface area contributed by atoms with E-state index >= 15 is 0 Å². The van der Waals surface area contributed by atoms with Crippen molar-refractivity contribution in [1.29, 1.82) is 0 Å². The van der Waals surface area contributed by atoms with Gasteiger partial charge in [-0.3, -0.25) is 19.0 Å². The number of carbonyl (C=O) groups is 2. The number of rotatable bonds is 12. The third kappa shape index (κ3) is 6.82. The Balaban J connectivity index is 1.52. The molecule has 1 atom stereocenters. The third-order valence-electron chi connectivity index (χ3n) is 6.90. The van der Waals surface area contributed by atoms with Crippen LogP contribution < -0.4 is 16.6 Å². The summed E-state index contributed by atoms with van der Waals surface area (Å²) in [6, 6.07) is 6.47. The van der Waals surface area contributed by atoms with E-state index in [4.69, 9.17) is 10.7 Å². The number of nitrogens with two attached hydrogens (primary N) is 1. The topological polar surface area (TPSA) is 107 Å². The maximum atomic E-state index is 13.7. The number of hydrogen-bond acceptors (Lipinski definition) is 6. The van der Waals surface area contributed by atoms with Gasteiger partial charge in [-0.1, -0.05) is 57.7 Å². The molecule has 0 fully saturated rings. The molecule has 1 aliphatic rings. The summed E-state index contributed by atoms with van der Waals surface area (Å²) in [6.45, 7) is 5.09. The third-order valence-corrected chi connectivity index (χ3v) is 9.03. The van der Waals surface area contributed by atoms with Gasteiger partial charge in [0.1, 0.15) is 4.83 Å². The first-order chi connectivity index (χ1) is 17.9. The zero-order chi connectivity index (χ0) is 26.4. The number of unbranched alkanes of at least 4 members (excludes halogenated alkanes) is 5. The standard InChI is InChI=1S/C28H36N4O3S2/c1-3-4-5-6-7-8-15-32-27(35)24-21-14-9-18(2)16-22(21)37-26(24)31-28(32)36-17-23(33)30-20-12-10-19(11-13-20)25(29)34/h10-13,18H,3-9,14-17H2,1-2H3,(H2,29,34)(H,30,33)/t18-/m1/s1. The van der Waals surface area contributed by atoms with Crippen molar-refractivity contribution >= 4 is 50.8 Å². The number of fused-ring (bicyclic) bond motifs is 3. The van der Waals surface area contributed by atoms with Gasteiger partial charge in [0.25, 0.3) is 5.56 Å². The van der Waals surface area contributed by atoms with Crippen LogP contribution >= 0.6 is 23.1 Å². The highest BCUT2D eigenvalue weighted by Gasteiger charge is 2.25. The molecule has 4 rings (SSSR count). The molecule has 2 aromatic heterocycles. The van der Waals surface area contributed by atoms with Gasteiger partial charge < -0.3 is 11.1 Å². The molecule has 0 radical (unpaired) electrons. The van der Waals surface area contributed by atoms with Crippen LogP contribution in [0.2, 0.25) is 0 Å². The molecule has 37 heavy (non-hydrogen) atoms. The number of thioether (sulfide) groups is 1. The van der Waals surface area contributed by atoms with Crippen LogP contribution in [0.4, 0.5) is 5.69 Å². The molecule has 1 aliphatic carbocycles. The number of hydrogen-bond donors (Lipinski definition) is 2. The minimum absolute atomic E-state index is 0.0376. The average Bonchev–Trinajstić information content (AvgIpc) is 3.23. The van der Waals surface area contributed by atoms with E-state index < -0.39 is 5.91 Å². The Hall–Kier alpha value is -2.65. The molecule has 198 valence electrons. The number of primary amides is 1. The van der Waals surface area contributed by atoms with Gasteiger partial charge in [0, 0.05) is 22.7 Å². The van der Waals surface area contributed by atoms with Crippen LogP contribution in [-0.4, -0.2) is 27.1 Å². The predicted octanol–water partition coefficient (Wildman–Crippen LogP) is 5.77. The zero-order valence-electron chi connectivity index (χ0n) is 21.7. The van der Waals surface area contributed by atoms with E-state index in [9.17, 15) is 14.4 Å². The van der Waals surface area contributed by atoms with E-state index in [0.717, 1.165) is 42.3 Å². The summed E-state index contributed by atoms with van der Waals surface area (Å²) in [7, 11) is 0. The lowest BCUT2D eigenvalue weighted by atomic mass is 9.89. The smallest absolute Gasteiger partial charge is 0.263 e. The van der Waals surface area contributed by atoms with Gasteiger partial charge in [-0.05, 0) is 61.4 Å². The van der Waals surface area contributed by atoms with Crippen LogP contribution in [0.15, 0.2) is 34.2 Å². The van der Waals surface area contributed by atoms with E-state index in [0.29, 0.717) is 28.9 Å². The Morgan fingerprint density at radius 2 is 1.89 bits per heavy atom. The molecule has 3 N–H and O–H groups in total. The molecule has 0 unspecified atom stereocenters. The highest BCUT2D eigenvalue weighted by Crippen LogP contribution is 2.36. The lowest BCUT2D eigenvalue weighted by Crippen LogP contribution is -2.25. The first-order valence-electron chi connectivity index (χ1n) is 13.2. The van der Waals surface area contributed by atoms with Crippen LogP contribution in [0.25, 0.3) is 10.2 Å². The maximum absolute atomic E-state index is 13.7. The summed E-state index contributed by atoms with van der Waals surface area (Å²) in [4.78, 5) is 44.7. The molecule has 9 heteroatoms. The second kappa shape index (κ2) is 12.7. The molecular formula is C28H36N4O3S2. The Morgan fingerprint density at radius 1 is 1.16 bits per heavy atom. The van der Waals surface area contributed by atoms with Gasteiger partial charge in [0.2, 0.25) is 11.8 Å². The summed E-state index contributed by atoms with van der Waals surface area (Å²) in [5, 5.41) is 4.24. The first kappa shape index (κ1) is 27.4. The average molecular weight is 541 g/mol. The Morgan fingerprint density at radius 3 is 2.62 bits per heavy atom. The molecule has 0 bridgehead atoms. The van der Waals surface area contributed by atoms with Crippen LogP contribution in [0.5, 0.6) is 0 Å². The molecule has 2 heterocycles. The summed E-state index contributed by atoms with van der Waals surface area (Å²) in [5.74, 6) is 0.0498. The van der Waals surface area contributed by atoms with E-state index in [-0.39, 0.29) is 17.2 Å². The van der Waals surface area contributed by atoms with Gasteiger partial charge in [-0.2, -0.15) is 0 Å². The minimum Gasteiger partial charge on any atom is -0.366 e. The fraction of sp³-hybridized carbons (Fsp3) is 0.500. The largest absolute Gasteiger partial charge is 0.366 e. The molecule has 0 saturated heterocycles. The number of nitrogens with zero attached hydrogens (tertiary/aromatic N) is 2. The fourth-order valence-electron chi connectivity index (χ4n) is 4.81. The number of thiophene rings is 1. The van der Waals surface area contributed by atoms with Crippen molar-refractivity contribution in [3.8, 4) is 0 Å². The Bertz CT molecular complexity index is 1310. The number of nitrogens with one attached hydrogen (secondary N) is 1. The normalized spacial score (nSPS) is 15.0. The second-order valence-electron chi connectivity index (χ2n) is 9.93. The first-order valence-corrected chi connectivity index (χ1v) is 15.0. The SMILES string of the molecule is CCCCCCCCn1c(SCC(=O)Nc2ccc(C(N)=O)cc2)nc2sc3c(c2c1=O)CC[C@@H](C)C3. The number of amides is 2. The molecule has 1 aromatic carbocycles. The summed E-state index contributed by atoms with van der Waals surface area (Å²) < 4.78 is 1.80. The molecule has 0 spiro atoms. The minimum atomic E-state index is -0.511. The van der Waals surface area contributed by atoms with Crippen LogP contribution in [-0.2, 0) is 24.2 Å². The van der Waals surface area contributed by atoms with Crippen molar-refractivity contribution < 1.29 is 9.59 Å². The highest BCUT2D eigenvalue weighted by atomic mass is 32.2. The van der Waals surface area contributed by atoms with Gasteiger partial charge in [0.05, 0.1) is 11.1 Å². The zero-order valence-corrected chi connectivity index (χ0v) is 23.3. The van der Waals surface area contributed by atoms with E-state index in [2.05, 4.69) is 19.2 Å². The van der Waals surface area contributed by atoms with Crippen molar-refractivity contribution in [3.63, 3.8) is 0 Å². The van der Waals surface area contributed by atoms with Crippen molar-refractivity contribution in [2.24, 2.45) is 11.7 Å². The molecule has 0 saturated carbocycles. The predicted molar refractivity (Wildman–Crippen MR) is 153 cm³/mol. The second-order valence-corrected chi connectivity index (χ2v) is 12.0. The van der Waals surface area contributed by atoms with Crippen molar-refractivity contribution in [2.45, 2.75) is 83.3 Å².